The standard InChI is InChI=1S/C47H31N3O/c1-4-14-32(15-5-1)33-24-26-36(27-25-33)49(37-28-29-40-38-20-12-13-23-42(38)50(43(40)30-37)35-18-8-3-9-19-35)44-31-45-46(41-22-11-10-21-39(41)44)48-47(51-45)34-16-6-2-7-17-34/h1-31H. The van der Waals surface area contributed by atoms with Crippen LogP contribution in [0.15, 0.2) is 192 Å². The smallest absolute Gasteiger partial charge is 0.227 e. The summed E-state index contributed by atoms with van der Waals surface area (Å²) in [4.78, 5) is 7.38. The van der Waals surface area contributed by atoms with Gasteiger partial charge in [-0.15, -0.1) is 0 Å². The molecule has 0 saturated carbocycles. The van der Waals surface area contributed by atoms with Crippen molar-refractivity contribution in [3.8, 4) is 28.3 Å². The van der Waals surface area contributed by atoms with Crippen molar-refractivity contribution in [1.82, 2.24) is 9.55 Å². The van der Waals surface area contributed by atoms with Crippen molar-refractivity contribution in [2.75, 3.05) is 4.90 Å². The maximum Gasteiger partial charge on any atom is 0.227 e. The lowest BCUT2D eigenvalue weighted by atomic mass is 10.0. The molecule has 0 radical (unpaired) electrons. The Bertz CT molecular complexity index is 2840. The zero-order valence-corrected chi connectivity index (χ0v) is 27.6. The summed E-state index contributed by atoms with van der Waals surface area (Å²) in [5.41, 5.74) is 11.5. The molecule has 4 heteroatoms. The average molecular weight is 654 g/mol. The van der Waals surface area contributed by atoms with Crippen LogP contribution in [0.4, 0.5) is 17.1 Å². The zero-order chi connectivity index (χ0) is 33.7. The normalized spacial score (nSPS) is 11.5. The van der Waals surface area contributed by atoms with Gasteiger partial charge in [0.15, 0.2) is 5.58 Å². The lowest BCUT2D eigenvalue weighted by Crippen LogP contribution is -2.11. The first-order valence-corrected chi connectivity index (χ1v) is 17.2. The SMILES string of the molecule is c1ccc(-c2ccc(N(c3ccc4c5ccccc5n(-c5ccccc5)c4c3)c3cc4oc(-c5ccccc5)nc4c4ccccc34)cc2)cc1. The minimum Gasteiger partial charge on any atom is -0.436 e. The number of para-hydroxylation sites is 2. The highest BCUT2D eigenvalue weighted by Gasteiger charge is 2.22. The predicted octanol–water partition coefficient (Wildman–Crippen LogP) is 12.9. The van der Waals surface area contributed by atoms with Gasteiger partial charge >= 0.3 is 0 Å². The molecule has 240 valence electrons. The van der Waals surface area contributed by atoms with Crippen molar-refractivity contribution in [1.29, 1.82) is 0 Å². The van der Waals surface area contributed by atoms with Gasteiger partial charge in [-0.1, -0.05) is 127 Å². The number of nitrogens with zero attached hydrogens (tertiary/aromatic N) is 3. The summed E-state index contributed by atoms with van der Waals surface area (Å²) in [6.45, 7) is 0. The molecule has 2 heterocycles. The highest BCUT2D eigenvalue weighted by atomic mass is 16.3. The van der Waals surface area contributed by atoms with E-state index >= 15 is 0 Å². The Morgan fingerprint density at radius 2 is 1.00 bits per heavy atom. The van der Waals surface area contributed by atoms with Crippen molar-refractivity contribution in [2.24, 2.45) is 0 Å². The van der Waals surface area contributed by atoms with E-state index in [4.69, 9.17) is 9.40 Å². The van der Waals surface area contributed by atoms with Gasteiger partial charge in [-0.3, -0.25) is 0 Å². The molecule has 51 heavy (non-hydrogen) atoms. The van der Waals surface area contributed by atoms with E-state index in [1.165, 1.54) is 27.4 Å². The van der Waals surface area contributed by atoms with E-state index in [2.05, 4.69) is 167 Å². The van der Waals surface area contributed by atoms with Crippen LogP contribution in [0.25, 0.3) is 71.9 Å². The monoisotopic (exact) mass is 653 g/mol. The number of hydrogen-bond acceptors (Lipinski definition) is 3. The molecule has 0 aliphatic heterocycles. The molecule has 10 aromatic rings. The Kier molecular flexibility index (Phi) is 6.78. The number of oxazole rings is 1. The summed E-state index contributed by atoms with van der Waals surface area (Å²) in [7, 11) is 0. The van der Waals surface area contributed by atoms with Crippen molar-refractivity contribution in [2.45, 2.75) is 0 Å². The van der Waals surface area contributed by atoms with Crippen LogP contribution in [0, 0.1) is 0 Å². The van der Waals surface area contributed by atoms with Crippen LogP contribution in [-0.4, -0.2) is 9.55 Å². The predicted molar refractivity (Wildman–Crippen MR) is 211 cm³/mol. The topological polar surface area (TPSA) is 34.2 Å². The molecular formula is C47H31N3O. The molecule has 0 saturated heterocycles. The minimum atomic E-state index is 0.612. The van der Waals surface area contributed by atoms with Gasteiger partial charge in [0, 0.05) is 50.2 Å². The fourth-order valence-corrected chi connectivity index (χ4v) is 7.44. The quantitative estimate of drug-likeness (QED) is 0.179. The molecule has 10 rings (SSSR count). The number of anilines is 3. The molecule has 2 aromatic heterocycles. The van der Waals surface area contributed by atoms with Gasteiger partial charge in [0.1, 0.15) is 5.52 Å². The molecule has 0 atom stereocenters. The van der Waals surface area contributed by atoms with Crippen LogP contribution in [-0.2, 0) is 0 Å². The van der Waals surface area contributed by atoms with E-state index < -0.39 is 0 Å². The Morgan fingerprint density at radius 1 is 0.431 bits per heavy atom. The fraction of sp³-hybridized carbons (Fsp3) is 0. The molecule has 0 bridgehead atoms. The third-order valence-electron chi connectivity index (χ3n) is 9.80. The Morgan fingerprint density at radius 3 is 1.75 bits per heavy atom. The first-order chi connectivity index (χ1) is 25.3. The second-order valence-corrected chi connectivity index (χ2v) is 12.8. The van der Waals surface area contributed by atoms with Gasteiger partial charge in [-0.2, -0.15) is 0 Å². The number of hydrogen-bond donors (Lipinski definition) is 0. The highest BCUT2D eigenvalue weighted by Crippen LogP contribution is 2.45. The molecule has 0 aliphatic rings. The molecule has 0 amide bonds. The van der Waals surface area contributed by atoms with Crippen LogP contribution in [0.3, 0.4) is 0 Å². The molecule has 0 unspecified atom stereocenters. The second kappa shape index (κ2) is 11.9. The van der Waals surface area contributed by atoms with E-state index in [0.29, 0.717) is 5.89 Å². The maximum atomic E-state index is 6.55. The number of fused-ring (bicyclic) bond motifs is 6. The average Bonchev–Trinajstić information content (AvgIpc) is 3.79. The number of benzene rings is 8. The van der Waals surface area contributed by atoms with Crippen LogP contribution >= 0.6 is 0 Å². The van der Waals surface area contributed by atoms with E-state index in [1.54, 1.807) is 0 Å². The van der Waals surface area contributed by atoms with Crippen molar-refractivity contribution in [3.63, 3.8) is 0 Å². The first-order valence-electron chi connectivity index (χ1n) is 17.2. The Labute approximate surface area is 295 Å². The summed E-state index contributed by atoms with van der Waals surface area (Å²) >= 11 is 0. The van der Waals surface area contributed by atoms with E-state index in [1.807, 2.05) is 30.3 Å². The van der Waals surface area contributed by atoms with Crippen molar-refractivity contribution in [3.05, 3.63) is 188 Å². The van der Waals surface area contributed by atoms with Crippen LogP contribution in [0.2, 0.25) is 0 Å². The molecule has 0 aliphatic carbocycles. The fourth-order valence-electron chi connectivity index (χ4n) is 7.44. The van der Waals surface area contributed by atoms with Gasteiger partial charge in [-0.25, -0.2) is 4.98 Å². The maximum absolute atomic E-state index is 6.55. The van der Waals surface area contributed by atoms with E-state index in [0.717, 1.165) is 55.7 Å². The highest BCUT2D eigenvalue weighted by molar-refractivity contribution is 6.14. The Hall–Kier alpha value is -6.91. The zero-order valence-electron chi connectivity index (χ0n) is 27.6. The Balaban J connectivity index is 1.24. The molecular weight excluding hydrogens is 623 g/mol. The van der Waals surface area contributed by atoms with E-state index in [-0.39, 0.29) is 0 Å². The second-order valence-electron chi connectivity index (χ2n) is 12.8. The largest absolute Gasteiger partial charge is 0.436 e. The summed E-state index contributed by atoms with van der Waals surface area (Å²) in [6, 6.07) is 66.2. The lowest BCUT2D eigenvalue weighted by molar-refractivity contribution is 0.620. The lowest BCUT2D eigenvalue weighted by Gasteiger charge is -2.27. The molecule has 8 aromatic carbocycles. The van der Waals surface area contributed by atoms with Crippen LogP contribution in [0.5, 0.6) is 0 Å². The van der Waals surface area contributed by atoms with Gasteiger partial charge in [-0.05, 0) is 65.7 Å². The molecule has 4 nitrogen and oxygen atoms in total. The van der Waals surface area contributed by atoms with Gasteiger partial charge in [0.2, 0.25) is 5.89 Å². The van der Waals surface area contributed by atoms with Crippen LogP contribution in [0.1, 0.15) is 0 Å². The summed E-state index contributed by atoms with van der Waals surface area (Å²) < 4.78 is 8.92. The summed E-state index contributed by atoms with van der Waals surface area (Å²) in [5, 5.41) is 4.57. The third-order valence-corrected chi connectivity index (χ3v) is 9.80. The third kappa shape index (κ3) is 4.88. The molecule has 0 N–H and O–H groups in total. The van der Waals surface area contributed by atoms with Crippen molar-refractivity contribution < 1.29 is 4.42 Å². The minimum absolute atomic E-state index is 0.612. The van der Waals surface area contributed by atoms with Crippen LogP contribution < -0.4 is 4.90 Å². The van der Waals surface area contributed by atoms with Gasteiger partial charge in [0.05, 0.1) is 16.7 Å². The first kappa shape index (κ1) is 29.0. The van der Waals surface area contributed by atoms with Gasteiger partial charge < -0.3 is 13.9 Å². The summed E-state index contributed by atoms with van der Waals surface area (Å²) in [5.74, 6) is 0.612. The van der Waals surface area contributed by atoms with E-state index in [9.17, 15) is 0 Å². The van der Waals surface area contributed by atoms with Crippen molar-refractivity contribution >= 4 is 60.7 Å². The number of aromatic nitrogens is 2. The molecule has 0 spiro atoms. The molecule has 0 fully saturated rings. The van der Waals surface area contributed by atoms with Gasteiger partial charge in [0.25, 0.3) is 0 Å². The number of rotatable bonds is 6. The summed E-state index contributed by atoms with van der Waals surface area (Å²) in [6.07, 6.45) is 0.